The van der Waals surface area contributed by atoms with Crippen LogP contribution in [-0.4, -0.2) is 50.0 Å². The van der Waals surface area contributed by atoms with Crippen molar-refractivity contribution in [1.29, 1.82) is 0 Å². The summed E-state index contributed by atoms with van der Waals surface area (Å²) in [5, 5.41) is 7.16. The van der Waals surface area contributed by atoms with Gasteiger partial charge in [0.25, 0.3) is 0 Å². The van der Waals surface area contributed by atoms with Gasteiger partial charge in [0.05, 0.1) is 23.2 Å². The number of hydrogen-bond donors (Lipinski definition) is 1. The van der Waals surface area contributed by atoms with E-state index in [-0.39, 0.29) is 28.5 Å². The number of thioether (sulfide) groups is 1. The van der Waals surface area contributed by atoms with Crippen molar-refractivity contribution in [1.82, 2.24) is 20.1 Å². The molecule has 3 aromatic carbocycles. The first-order valence-corrected chi connectivity index (χ1v) is 15.3. The van der Waals surface area contributed by atoms with E-state index in [0.29, 0.717) is 28.3 Å². The van der Waals surface area contributed by atoms with E-state index in [2.05, 4.69) is 25.1 Å². The molecule has 1 aliphatic heterocycles. The Kier molecular flexibility index (Phi) is 9.47. The van der Waals surface area contributed by atoms with Crippen molar-refractivity contribution < 1.29 is 31.9 Å². The lowest BCUT2D eigenvalue weighted by Crippen LogP contribution is -2.36. The van der Waals surface area contributed by atoms with Gasteiger partial charge in [-0.25, -0.2) is 18.9 Å². The molecule has 1 fully saturated rings. The van der Waals surface area contributed by atoms with Crippen LogP contribution >= 0.6 is 11.8 Å². The van der Waals surface area contributed by atoms with E-state index in [4.69, 9.17) is 0 Å². The van der Waals surface area contributed by atoms with Crippen molar-refractivity contribution in [3.05, 3.63) is 89.7 Å². The number of nitrogens with one attached hydrogen (secondary N) is 1. The van der Waals surface area contributed by atoms with E-state index in [1.165, 1.54) is 47.1 Å². The Bertz CT molecular complexity index is 1760. The van der Waals surface area contributed by atoms with E-state index < -0.39 is 24.6 Å². The maximum atomic E-state index is 15.4. The number of amidine groups is 1. The van der Waals surface area contributed by atoms with Crippen molar-refractivity contribution in [3.63, 3.8) is 0 Å². The van der Waals surface area contributed by atoms with Gasteiger partial charge in [-0.3, -0.25) is 9.69 Å². The molecule has 3 amide bonds. The van der Waals surface area contributed by atoms with Gasteiger partial charge in [0, 0.05) is 5.56 Å². The molecule has 0 spiro atoms. The molecule has 2 atom stereocenters. The summed E-state index contributed by atoms with van der Waals surface area (Å²) in [7, 11) is 0. The smallest absolute Gasteiger partial charge is 0.406 e. The van der Waals surface area contributed by atoms with Crippen LogP contribution < -0.4 is 15.0 Å². The van der Waals surface area contributed by atoms with Crippen LogP contribution in [0.2, 0.25) is 0 Å². The number of carbonyl (C=O) groups is 2. The molecule has 9 nitrogen and oxygen atoms in total. The Morgan fingerprint density at radius 1 is 1.04 bits per heavy atom. The first-order valence-electron chi connectivity index (χ1n) is 14.3. The summed E-state index contributed by atoms with van der Waals surface area (Å²) < 4.78 is 58.0. The van der Waals surface area contributed by atoms with Crippen LogP contribution in [0.25, 0.3) is 17.1 Å². The molecular weight excluding hydrogens is 624 g/mol. The highest BCUT2D eigenvalue weighted by Gasteiger charge is 2.33. The van der Waals surface area contributed by atoms with Crippen LogP contribution in [0.4, 0.5) is 28.0 Å². The number of ether oxygens (including phenoxy) is 1. The molecule has 240 valence electrons. The molecule has 1 saturated heterocycles. The van der Waals surface area contributed by atoms with Crippen molar-refractivity contribution in [3.8, 4) is 22.8 Å². The normalized spacial score (nSPS) is 15.8. The third-order valence-corrected chi connectivity index (χ3v) is 8.04. The molecule has 0 bridgehead atoms. The second kappa shape index (κ2) is 13.3. The Labute approximate surface area is 266 Å². The van der Waals surface area contributed by atoms with Gasteiger partial charge in [-0.15, -0.1) is 18.3 Å². The molecule has 2 heterocycles. The number of carbonyl (C=O) groups excluding carboxylic acids is 2. The monoisotopic (exact) mass is 654 g/mol. The lowest BCUT2D eigenvalue weighted by atomic mass is 9.99. The molecule has 5 rings (SSSR count). The minimum atomic E-state index is -4.79. The third kappa shape index (κ3) is 7.56. The fourth-order valence-electron chi connectivity index (χ4n) is 4.83. The van der Waals surface area contributed by atoms with Crippen LogP contribution in [0.3, 0.4) is 0 Å². The molecule has 1 aromatic heterocycles. The summed E-state index contributed by atoms with van der Waals surface area (Å²) in [6.45, 7) is 7.49. The van der Waals surface area contributed by atoms with Gasteiger partial charge in [-0.05, 0) is 66.8 Å². The van der Waals surface area contributed by atoms with Gasteiger partial charge >= 0.3 is 12.4 Å². The average molecular weight is 655 g/mol. The van der Waals surface area contributed by atoms with Crippen molar-refractivity contribution in [2.45, 2.75) is 52.2 Å². The van der Waals surface area contributed by atoms with Gasteiger partial charge < -0.3 is 10.1 Å². The van der Waals surface area contributed by atoms with E-state index in [9.17, 15) is 22.8 Å². The lowest BCUT2D eigenvalue weighted by Gasteiger charge is -2.22. The number of aliphatic imine (C=N–C) groups is 1. The molecule has 0 aliphatic carbocycles. The first-order chi connectivity index (χ1) is 21.8. The Morgan fingerprint density at radius 3 is 2.39 bits per heavy atom. The number of alkyl halides is 4. The standard InChI is InChI=1S/C32H30F4N6O3S/c1-18(2)25-14-5-19(3)15-26(25)42-27(43)16-46-31(42)39-30(44)38-20(4)28(33)21-6-8-22(9-7-21)29-37-17-41(40-29)23-10-12-24(13-11-23)45-32(34,35)36/h5-15,17-18,20,28H,16H2,1-4H3,(H,38,44)/b39-31-. The summed E-state index contributed by atoms with van der Waals surface area (Å²) in [4.78, 5) is 35.5. The van der Waals surface area contributed by atoms with E-state index in [0.717, 1.165) is 22.9 Å². The predicted octanol–water partition coefficient (Wildman–Crippen LogP) is 7.51. The Balaban J connectivity index is 1.24. The zero-order valence-corrected chi connectivity index (χ0v) is 26.1. The second-order valence-corrected chi connectivity index (χ2v) is 11.9. The van der Waals surface area contributed by atoms with E-state index in [1.54, 1.807) is 24.3 Å². The minimum absolute atomic E-state index is 0.136. The highest BCUT2D eigenvalue weighted by molar-refractivity contribution is 8.15. The van der Waals surface area contributed by atoms with Gasteiger partial charge in [-0.1, -0.05) is 62.0 Å². The first kappa shape index (κ1) is 32.7. The van der Waals surface area contributed by atoms with Gasteiger partial charge in [0.15, 0.2) is 11.0 Å². The molecule has 0 radical (unpaired) electrons. The minimum Gasteiger partial charge on any atom is -0.406 e. The fourth-order valence-corrected chi connectivity index (χ4v) is 5.69. The SMILES string of the molecule is Cc1ccc(C(C)C)c(N2C(=O)CS/C2=N\C(=O)NC(C)C(F)c2ccc(-c3ncn(-c4ccc(OC(F)(F)F)cc4)n3)cc2)c1. The topological polar surface area (TPSA) is 102 Å². The zero-order chi connectivity index (χ0) is 33.2. The average Bonchev–Trinajstić information content (AvgIpc) is 3.63. The number of benzene rings is 3. The number of aryl methyl sites for hydroxylation is 1. The molecule has 2 unspecified atom stereocenters. The summed E-state index contributed by atoms with van der Waals surface area (Å²) in [5.74, 6) is 0.0478. The van der Waals surface area contributed by atoms with Crippen molar-refractivity contribution >= 4 is 34.6 Å². The number of amides is 3. The largest absolute Gasteiger partial charge is 0.573 e. The molecule has 4 aromatic rings. The highest BCUT2D eigenvalue weighted by Crippen LogP contribution is 2.34. The zero-order valence-electron chi connectivity index (χ0n) is 25.2. The molecule has 1 N–H and O–H groups in total. The van der Waals surface area contributed by atoms with Crippen LogP contribution in [0.1, 0.15) is 49.6 Å². The number of urea groups is 1. The third-order valence-electron chi connectivity index (χ3n) is 7.12. The molecule has 46 heavy (non-hydrogen) atoms. The van der Waals surface area contributed by atoms with Crippen LogP contribution in [0, 0.1) is 6.92 Å². The van der Waals surface area contributed by atoms with Crippen molar-refractivity contribution in [2.24, 2.45) is 4.99 Å². The Hall–Kier alpha value is -4.72. The summed E-state index contributed by atoms with van der Waals surface area (Å²) in [6, 6.07) is 15.6. The van der Waals surface area contributed by atoms with Gasteiger partial charge in [-0.2, -0.15) is 4.99 Å². The lowest BCUT2D eigenvalue weighted by molar-refractivity contribution is -0.274. The molecule has 0 saturated carbocycles. The summed E-state index contributed by atoms with van der Waals surface area (Å²) in [5.41, 5.74) is 3.94. The van der Waals surface area contributed by atoms with Gasteiger partial charge in [0.1, 0.15) is 18.2 Å². The number of aromatic nitrogens is 3. The number of nitrogens with zero attached hydrogens (tertiary/aromatic N) is 5. The molecule has 1 aliphatic rings. The molecule has 14 heteroatoms. The number of rotatable bonds is 8. The van der Waals surface area contributed by atoms with Gasteiger partial charge in [0.2, 0.25) is 5.91 Å². The van der Waals surface area contributed by atoms with Crippen molar-refractivity contribution in [2.75, 3.05) is 10.7 Å². The fraction of sp³-hybridized carbons (Fsp3) is 0.281. The summed E-state index contributed by atoms with van der Waals surface area (Å²) in [6.07, 6.45) is -4.96. The number of anilines is 1. The van der Waals surface area contributed by atoms with E-state index >= 15 is 4.39 Å². The van der Waals surface area contributed by atoms with Crippen LogP contribution in [0.5, 0.6) is 5.75 Å². The summed E-state index contributed by atoms with van der Waals surface area (Å²) >= 11 is 1.15. The van der Waals surface area contributed by atoms with Crippen LogP contribution in [-0.2, 0) is 4.79 Å². The van der Waals surface area contributed by atoms with E-state index in [1.807, 2.05) is 39.0 Å². The predicted molar refractivity (Wildman–Crippen MR) is 168 cm³/mol. The Morgan fingerprint density at radius 2 is 1.74 bits per heavy atom. The maximum absolute atomic E-state index is 15.4. The van der Waals surface area contributed by atoms with Crippen LogP contribution in [0.15, 0.2) is 78.0 Å². The number of halogens is 4. The second-order valence-electron chi connectivity index (χ2n) is 10.9. The number of hydrogen-bond acceptors (Lipinski definition) is 6. The maximum Gasteiger partial charge on any atom is 0.573 e. The highest BCUT2D eigenvalue weighted by atomic mass is 32.2. The quantitative estimate of drug-likeness (QED) is 0.197. The molecular formula is C32H30F4N6O3S.